The SMILES string of the molecule is C/C=C(\C)OOCC.CC#CC. The number of allylic oxidation sites excluding steroid dienone is 2. The minimum Gasteiger partial charge on any atom is -0.343 e. The van der Waals surface area contributed by atoms with Gasteiger partial charge in [0.05, 0.1) is 6.61 Å². The highest BCUT2D eigenvalue weighted by Crippen LogP contribution is 1.93. The van der Waals surface area contributed by atoms with E-state index in [-0.39, 0.29) is 0 Å². The molecule has 0 radical (unpaired) electrons. The lowest BCUT2D eigenvalue weighted by molar-refractivity contribution is -0.257. The summed E-state index contributed by atoms with van der Waals surface area (Å²) in [5.74, 6) is 6.16. The summed E-state index contributed by atoms with van der Waals surface area (Å²) < 4.78 is 0. The average molecular weight is 170 g/mol. The smallest absolute Gasteiger partial charge is 0.135 e. The molecule has 70 valence electrons. The van der Waals surface area contributed by atoms with Crippen LogP contribution in [-0.4, -0.2) is 6.61 Å². The second-order valence-electron chi connectivity index (χ2n) is 1.89. The van der Waals surface area contributed by atoms with Crippen LogP contribution in [0.5, 0.6) is 0 Å². The number of hydrogen-bond acceptors (Lipinski definition) is 2. The highest BCUT2D eigenvalue weighted by Gasteiger charge is 1.83. The van der Waals surface area contributed by atoms with Crippen molar-refractivity contribution in [2.45, 2.75) is 34.6 Å². The Morgan fingerprint density at radius 2 is 1.83 bits per heavy atom. The fourth-order valence-corrected chi connectivity index (χ4v) is 0.200. The van der Waals surface area contributed by atoms with Crippen LogP contribution in [0.4, 0.5) is 0 Å². The maximum absolute atomic E-state index is 4.70. The third-order valence-corrected chi connectivity index (χ3v) is 0.965. The molecular weight excluding hydrogens is 152 g/mol. The van der Waals surface area contributed by atoms with Crippen molar-refractivity contribution >= 4 is 0 Å². The van der Waals surface area contributed by atoms with Crippen LogP contribution in [0, 0.1) is 11.8 Å². The molecule has 0 rings (SSSR count). The van der Waals surface area contributed by atoms with Crippen LogP contribution >= 0.6 is 0 Å². The molecule has 2 nitrogen and oxygen atoms in total. The molecule has 0 fully saturated rings. The van der Waals surface area contributed by atoms with Gasteiger partial charge in [0.1, 0.15) is 5.76 Å². The van der Waals surface area contributed by atoms with Gasteiger partial charge in [-0.25, -0.2) is 0 Å². The summed E-state index contributed by atoms with van der Waals surface area (Å²) in [5, 5.41) is 0. The molecule has 0 saturated heterocycles. The first-order valence-corrected chi connectivity index (χ1v) is 3.98. The largest absolute Gasteiger partial charge is 0.343 e. The van der Waals surface area contributed by atoms with Gasteiger partial charge in [-0.2, -0.15) is 4.89 Å². The lowest BCUT2D eigenvalue weighted by atomic mass is 10.5. The third-order valence-electron chi connectivity index (χ3n) is 0.965. The van der Waals surface area contributed by atoms with Crippen LogP contribution in [-0.2, 0) is 9.78 Å². The molecular formula is C10H18O2. The van der Waals surface area contributed by atoms with Gasteiger partial charge in [0.2, 0.25) is 0 Å². The molecule has 2 heteroatoms. The topological polar surface area (TPSA) is 18.5 Å². The van der Waals surface area contributed by atoms with E-state index in [0.717, 1.165) is 5.76 Å². The first kappa shape index (κ1) is 13.6. The van der Waals surface area contributed by atoms with Gasteiger partial charge in [0.25, 0.3) is 0 Å². The van der Waals surface area contributed by atoms with Crippen LogP contribution in [0.25, 0.3) is 0 Å². The summed E-state index contributed by atoms with van der Waals surface area (Å²) >= 11 is 0. The zero-order valence-corrected chi connectivity index (χ0v) is 8.60. The molecule has 0 aliphatic rings. The molecule has 0 aromatic heterocycles. The van der Waals surface area contributed by atoms with Gasteiger partial charge in [-0.05, 0) is 40.7 Å². The lowest BCUT2D eigenvalue weighted by Gasteiger charge is -1.99. The van der Waals surface area contributed by atoms with Crippen molar-refractivity contribution in [2.24, 2.45) is 0 Å². The maximum Gasteiger partial charge on any atom is 0.135 e. The molecule has 0 spiro atoms. The summed E-state index contributed by atoms with van der Waals surface area (Å²) in [5.41, 5.74) is 0. The van der Waals surface area contributed by atoms with Crippen molar-refractivity contribution < 1.29 is 9.78 Å². The van der Waals surface area contributed by atoms with Gasteiger partial charge in [-0.1, -0.05) is 0 Å². The minimum absolute atomic E-state index is 0.588. The highest BCUT2D eigenvalue weighted by molar-refractivity contribution is 4.89. The van der Waals surface area contributed by atoms with E-state index in [1.54, 1.807) is 0 Å². The van der Waals surface area contributed by atoms with Gasteiger partial charge in [0, 0.05) is 0 Å². The van der Waals surface area contributed by atoms with Crippen molar-refractivity contribution in [3.05, 3.63) is 11.8 Å². The Kier molecular flexibility index (Phi) is 14.4. The van der Waals surface area contributed by atoms with E-state index < -0.39 is 0 Å². The quantitative estimate of drug-likeness (QED) is 0.280. The van der Waals surface area contributed by atoms with Crippen molar-refractivity contribution in [1.29, 1.82) is 0 Å². The monoisotopic (exact) mass is 170 g/mol. The Labute approximate surface area is 75.5 Å². The predicted octanol–water partition coefficient (Wildman–Crippen LogP) is 2.91. The fourth-order valence-electron chi connectivity index (χ4n) is 0.200. The maximum atomic E-state index is 4.70. The molecule has 0 aliphatic heterocycles. The first-order chi connectivity index (χ1) is 5.72. The molecule has 0 heterocycles. The molecule has 0 atom stereocenters. The van der Waals surface area contributed by atoms with Crippen molar-refractivity contribution in [1.82, 2.24) is 0 Å². The molecule has 0 unspecified atom stereocenters. The third kappa shape index (κ3) is 16.0. The van der Waals surface area contributed by atoms with Crippen LogP contribution in [0.15, 0.2) is 11.8 Å². The molecule has 0 N–H and O–H groups in total. The zero-order chi connectivity index (χ0) is 9.82. The summed E-state index contributed by atoms with van der Waals surface area (Å²) in [7, 11) is 0. The summed E-state index contributed by atoms with van der Waals surface area (Å²) in [6, 6.07) is 0. The van der Waals surface area contributed by atoms with Gasteiger partial charge in [-0.15, -0.1) is 11.8 Å². The zero-order valence-electron chi connectivity index (χ0n) is 8.60. The first-order valence-electron chi connectivity index (χ1n) is 3.98. The van der Waals surface area contributed by atoms with E-state index in [4.69, 9.17) is 4.89 Å². The normalized spacial score (nSPS) is 8.92. The fraction of sp³-hybridized carbons (Fsp3) is 0.600. The van der Waals surface area contributed by atoms with Crippen LogP contribution in [0.1, 0.15) is 34.6 Å². The van der Waals surface area contributed by atoms with Gasteiger partial charge in [0.15, 0.2) is 0 Å². The van der Waals surface area contributed by atoms with Crippen LogP contribution in [0.3, 0.4) is 0 Å². The highest BCUT2D eigenvalue weighted by atomic mass is 17.2. The second-order valence-corrected chi connectivity index (χ2v) is 1.89. The molecule has 0 aliphatic carbocycles. The molecule has 0 aromatic carbocycles. The molecule has 0 amide bonds. The standard InChI is InChI=1S/C6H12O2.C4H6/c1-4-6(3)8-7-5-2;1-3-4-2/h4H,5H2,1-3H3;1-2H3/b6-4+;. The van der Waals surface area contributed by atoms with E-state index in [1.165, 1.54) is 0 Å². The van der Waals surface area contributed by atoms with Crippen LogP contribution in [0.2, 0.25) is 0 Å². The van der Waals surface area contributed by atoms with E-state index in [0.29, 0.717) is 6.61 Å². The molecule has 0 saturated carbocycles. The van der Waals surface area contributed by atoms with E-state index in [1.807, 2.05) is 40.7 Å². The Balaban J connectivity index is 0. The van der Waals surface area contributed by atoms with E-state index >= 15 is 0 Å². The molecule has 12 heavy (non-hydrogen) atoms. The minimum atomic E-state index is 0.588. The van der Waals surface area contributed by atoms with Crippen molar-refractivity contribution in [3.63, 3.8) is 0 Å². The lowest BCUT2D eigenvalue weighted by Crippen LogP contribution is -1.89. The summed E-state index contributed by atoms with van der Waals surface area (Å²) in [6.45, 7) is 9.85. The van der Waals surface area contributed by atoms with E-state index in [2.05, 4.69) is 16.7 Å². The molecule has 0 bridgehead atoms. The van der Waals surface area contributed by atoms with Gasteiger partial charge in [-0.3, -0.25) is 0 Å². The Morgan fingerprint density at radius 3 is 2.08 bits per heavy atom. The Hall–Kier alpha value is -0.940. The second kappa shape index (κ2) is 12.7. The van der Waals surface area contributed by atoms with Crippen LogP contribution < -0.4 is 0 Å². The Bertz CT molecular complexity index is 154. The Morgan fingerprint density at radius 1 is 1.33 bits per heavy atom. The van der Waals surface area contributed by atoms with Gasteiger partial charge < -0.3 is 4.89 Å². The number of rotatable bonds is 3. The number of hydrogen-bond donors (Lipinski definition) is 0. The van der Waals surface area contributed by atoms with Crippen molar-refractivity contribution in [2.75, 3.05) is 6.61 Å². The molecule has 0 aromatic rings. The average Bonchev–Trinajstić information content (AvgIpc) is 2.14. The summed E-state index contributed by atoms with van der Waals surface area (Å²) in [4.78, 5) is 9.32. The summed E-state index contributed by atoms with van der Waals surface area (Å²) in [6.07, 6.45) is 1.84. The predicted molar refractivity (Wildman–Crippen MR) is 51.3 cm³/mol. The van der Waals surface area contributed by atoms with Gasteiger partial charge >= 0.3 is 0 Å². The van der Waals surface area contributed by atoms with E-state index in [9.17, 15) is 0 Å². The van der Waals surface area contributed by atoms with Crippen molar-refractivity contribution in [3.8, 4) is 11.8 Å².